The summed E-state index contributed by atoms with van der Waals surface area (Å²) >= 11 is 0. The summed E-state index contributed by atoms with van der Waals surface area (Å²) in [6.45, 7) is 8.62. The maximum Gasteiger partial charge on any atom is 0.258 e. The first-order chi connectivity index (χ1) is 14.1. The minimum Gasteiger partial charge on any atom is -0.490 e. The number of ether oxygens (including phenoxy) is 1. The quantitative estimate of drug-likeness (QED) is 0.745. The molecule has 1 N–H and O–H groups in total. The van der Waals surface area contributed by atoms with Crippen LogP contribution in [0.2, 0.25) is 0 Å². The molecule has 0 fully saturated rings. The molecule has 0 spiro atoms. The van der Waals surface area contributed by atoms with Crippen molar-refractivity contribution < 1.29 is 23.1 Å². The first-order valence-corrected chi connectivity index (χ1v) is 9.94. The van der Waals surface area contributed by atoms with Gasteiger partial charge in [0.05, 0.1) is 16.7 Å². The monoisotopic (exact) mass is 416 g/mol. The lowest BCUT2D eigenvalue weighted by Gasteiger charge is -2.28. The predicted molar refractivity (Wildman–Crippen MR) is 112 cm³/mol. The standard InChI is InChI=1S/C23H26F2N2O3/c1-14(2)9-10-27-19-8-6-16(12-20(19)30-13-23(3,4)22(27)29)26-21(28)17-7-5-15(24)11-18(17)25/h5-8,11-12,14H,9-10,13H2,1-4H3,(H,26,28). The van der Waals surface area contributed by atoms with Crippen LogP contribution in [-0.2, 0) is 4.79 Å². The second-order valence-electron chi connectivity index (χ2n) is 8.57. The number of nitrogens with one attached hydrogen (secondary N) is 1. The van der Waals surface area contributed by atoms with Crippen LogP contribution in [0.1, 0.15) is 44.5 Å². The molecule has 0 bridgehead atoms. The molecule has 0 saturated heterocycles. The molecule has 0 unspecified atom stereocenters. The van der Waals surface area contributed by atoms with E-state index in [4.69, 9.17) is 4.74 Å². The van der Waals surface area contributed by atoms with Crippen LogP contribution in [0, 0.1) is 23.0 Å². The number of halogens is 2. The van der Waals surface area contributed by atoms with Crippen LogP contribution < -0.4 is 15.0 Å². The van der Waals surface area contributed by atoms with Gasteiger partial charge < -0.3 is 15.0 Å². The number of rotatable bonds is 5. The Kier molecular flexibility index (Phi) is 6.10. The molecule has 3 rings (SSSR count). The molecule has 1 aliphatic heterocycles. The average Bonchev–Trinajstić information content (AvgIpc) is 2.75. The third-order valence-electron chi connectivity index (χ3n) is 5.03. The van der Waals surface area contributed by atoms with Gasteiger partial charge in [-0.2, -0.15) is 0 Å². The van der Waals surface area contributed by atoms with Gasteiger partial charge in [0.1, 0.15) is 24.0 Å². The van der Waals surface area contributed by atoms with Crippen molar-refractivity contribution in [2.75, 3.05) is 23.4 Å². The molecule has 160 valence electrons. The number of anilines is 2. The largest absolute Gasteiger partial charge is 0.490 e. The van der Waals surface area contributed by atoms with Gasteiger partial charge in [0.2, 0.25) is 5.91 Å². The van der Waals surface area contributed by atoms with Crippen molar-refractivity contribution in [1.29, 1.82) is 0 Å². The summed E-state index contributed by atoms with van der Waals surface area (Å²) in [5, 5.41) is 2.60. The Morgan fingerprint density at radius 3 is 2.60 bits per heavy atom. The summed E-state index contributed by atoms with van der Waals surface area (Å²) < 4.78 is 32.9. The molecular formula is C23H26F2N2O3. The third-order valence-corrected chi connectivity index (χ3v) is 5.03. The molecular weight excluding hydrogens is 390 g/mol. The second-order valence-corrected chi connectivity index (χ2v) is 8.57. The van der Waals surface area contributed by atoms with Gasteiger partial charge in [-0.05, 0) is 50.5 Å². The molecule has 2 amide bonds. The summed E-state index contributed by atoms with van der Waals surface area (Å²) in [6, 6.07) is 7.75. The summed E-state index contributed by atoms with van der Waals surface area (Å²) in [7, 11) is 0. The van der Waals surface area contributed by atoms with Crippen molar-refractivity contribution in [3.63, 3.8) is 0 Å². The number of carbonyl (C=O) groups is 2. The molecule has 2 aromatic rings. The van der Waals surface area contributed by atoms with E-state index in [0.29, 0.717) is 35.7 Å². The van der Waals surface area contributed by atoms with Crippen molar-refractivity contribution in [3.8, 4) is 5.75 Å². The Morgan fingerprint density at radius 2 is 1.93 bits per heavy atom. The van der Waals surface area contributed by atoms with Gasteiger partial charge in [0, 0.05) is 24.4 Å². The molecule has 7 heteroatoms. The van der Waals surface area contributed by atoms with Crippen molar-refractivity contribution >= 4 is 23.2 Å². The molecule has 0 aromatic heterocycles. The number of amides is 2. The van der Waals surface area contributed by atoms with Gasteiger partial charge in [-0.25, -0.2) is 8.78 Å². The Hall–Kier alpha value is -2.96. The fourth-order valence-electron chi connectivity index (χ4n) is 3.21. The van der Waals surface area contributed by atoms with E-state index in [9.17, 15) is 18.4 Å². The molecule has 1 aliphatic rings. The molecule has 0 aliphatic carbocycles. The Morgan fingerprint density at radius 1 is 1.20 bits per heavy atom. The summed E-state index contributed by atoms with van der Waals surface area (Å²) in [4.78, 5) is 27.2. The lowest BCUT2D eigenvalue weighted by Crippen LogP contribution is -2.42. The molecule has 30 heavy (non-hydrogen) atoms. The molecule has 0 saturated carbocycles. The van der Waals surface area contributed by atoms with E-state index in [-0.39, 0.29) is 18.1 Å². The maximum atomic E-state index is 13.9. The van der Waals surface area contributed by atoms with E-state index in [2.05, 4.69) is 19.2 Å². The van der Waals surface area contributed by atoms with Crippen LogP contribution in [0.3, 0.4) is 0 Å². The lowest BCUT2D eigenvalue weighted by atomic mass is 9.92. The lowest BCUT2D eigenvalue weighted by molar-refractivity contribution is -0.127. The minimum atomic E-state index is -0.939. The number of carbonyl (C=O) groups excluding carboxylic acids is 2. The van der Waals surface area contributed by atoms with E-state index in [0.717, 1.165) is 18.6 Å². The third kappa shape index (κ3) is 4.61. The van der Waals surface area contributed by atoms with Crippen LogP contribution in [-0.4, -0.2) is 25.0 Å². The molecule has 0 atom stereocenters. The number of nitrogens with zero attached hydrogens (tertiary/aromatic N) is 1. The SMILES string of the molecule is CC(C)CCN1C(=O)C(C)(C)COc2cc(NC(=O)c3ccc(F)cc3F)ccc21. The van der Waals surface area contributed by atoms with Crippen molar-refractivity contribution in [1.82, 2.24) is 0 Å². The van der Waals surface area contributed by atoms with Gasteiger partial charge in [-0.15, -0.1) is 0 Å². The molecule has 2 aromatic carbocycles. The van der Waals surface area contributed by atoms with E-state index < -0.39 is 23.0 Å². The predicted octanol–water partition coefficient (Wildman–Crippen LogP) is 5.01. The Bertz CT molecular complexity index is 973. The first-order valence-electron chi connectivity index (χ1n) is 9.94. The van der Waals surface area contributed by atoms with Crippen LogP contribution >= 0.6 is 0 Å². The second kappa shape index (κ2) is 8.42. The van der Waals surface area contributed by atoms with Crippen molar-refractivity contribution in [2.24, 2.45) is 11.3 Å². The number of hydrogen-bond acceptors (Lipinski definition) is 3. The first kappa shape index (κ1) is 21.7. The van der Waals surface area contributed by atoms with E-state index >= 15 is 0 Å². The van der Waals surface area contributed by atoms with E-state index in [1.54, 1.807) is 23.1 Å². The van der Waals surface area contributed by atoms with Gasteiger partial charge in [0.15, 0.2) is 0 Å². The smallest absolute Gasteiger partial charge is 0.258 e. The highest BCUT2D eigenvalue weighted by Gasteiger charge is 2.37. The van der Waals surface area contributed by atoms with E-state index in [1.807, 2.05) is 13.8 Å². The molecule has 5 nitrogen and oxygen atoms in total. The Labute approximate surface area is 175 Å². The number of hydrogen-bond donors (Lipinski definition) is 1. The number of fused-ring (bicyclic) bond motifs is 1. The molecule has 0 radical (unpaired) electrons. The molecule has 1 heterocycles. The zero-order chi connectivity index (χ0) is 22.1. The van der Waals surface area contributed by atoms with Gasteiger partial charge in [-0.3, -0.25) is 9.59 Å². The zero-order valence-electron chi connectivity index (χ0n) is 17.6. The average molecular weight is 416 g/mol. The highest BCUT2D eigenvalue weighted by Crippen LogP contribution is 2.38. The van der Waals surface area contributed by atoms with Crippen molar-refractivity contribution in [2.45, 2.75) is 34.1 Å². The highest BCUT2D eigenvalue weighted by molar-refractivity contribution is 6.05. The van der Waals surface area contributed by atoms with Crippen LogP contribution in [0.5, 0.6) is 5.75 Å². The van der Waals surface area contributed by atoms with Crippen LogP contribution in [0.15, 0.2) is 36.4 Å². The van der Waals surface area contributed by atoms with Gasteiger partial charge in [0.25, 0.3) is 5.91 Å². The van der Waals surface area contributed by atoms with Gasteiger partial charge in [-0.1, -0.05) is 13.8 Å². The number of benzene rings is 2. The zero-order valence-corrected chi connectivity index (χ0v) is 17.6. The normalized spacial score (nSPS) is 15.4. The summed E-state index contributed by atoms with van der Waals surface area (Å²) in [6.07, 6.45) is 0.837. The fourth-order valence-corrected chi connectivity index (χ4v) is 3.21. The van der Waals surface area contributed by atoms with Crippen molar-refractivity contribution in [3.05, 3.63) is 53.6 Å². The topological polar surface area (TPSA) is 58.6 Å². The van der Waals surface area contributed by atoms with Crippen LogP contribution in [0.25, 0.3) is 0 Å². The fraction of sp³-hybridized carbons (Fsp3) is 0.391. The summed E-state index contributed by atoms with van der Waals surface area (Å²) in [5.74, 6) is -1.52. The summed E-state index contributed by atoms with van der Waals surface area (Å²) in [5.41, 5.74) is 0.0640. The minimum absolute atomic E-state index is 0.0212. The highest BCUT2D eigenvalue weighted by atomic mass is 19.1. The van der Waals surface area contributed by atoms with Crippen LogP contribution in [0.4, 0.5) is 20.2 Å². The maximum absolute atomic E-state index is 13.9. The van der Waals surface area contributed by atoms with E-state index in [1.165, 1.54) is 0 Å². The Balaban J connectivity index is 1.89. The van der Waals surface area contributed by atoms with Gasteiger partial charge >= 0.3 is 0 Å².